The molecule has 0 radical (unpaired) electrons. The lowest BCUT2D eigenvalue weighted by molar-refractivity contribution is -0.119. The summed E-state index contributed by atoms with van der Waals surface area (Å²) in [6.45, 7) is 0. The summed E-state index contributed by atoms with van der Waals surface area (Å²) in [6, 6.07) is 16.5. The van der Waals surface area contributed by atoms with Crippen LogP contribution >= 0.6 is 13.5 Å². The molecule has 2 heterocycles. The molecule has 1 aromatic heterocycles. The van der Waals surface area contributed by atoms with Crippen LogP contribution < -0.4 is 9.80 Å². The van der Waals surface area contributed by atoms with Crippen LogP contribution in [0.1, 0.15) is 33.7 Å². The number of carbonyl (C=O) groups is 2. The number of aromatic nitrogens is 2. The first-order chi connectivity index (χ1) is 15.5. The minimum atomic E-state index is -0.421. The van der Waals surface area contributed by atoms with E-state index in [1.165, 1.54) is 0 Å². The van der Waals surface area contributed by atoms with Gasteiger partial charge in [-0.3, -0.25) is 9.59 Å². The molecule has 3 aromatic rings. The molecule has 1 aliphatic heterocycles. The summed E-state index contributed by atoms with van der Waals surface area (Å²) < 4.78 is 0. The molecule has 0 aliphatic carbocycles. The molecular formula is C26H26N4O2S. The van der Waals surface area contributed by atoms with E-state index in [1.54, 1.807) is 18.1 Å². The lowest BCUT2D eigenvalue weighted by Crippen LogP contribution is -2.51. The van der Waals surface area contributed by atoms with Gasteiger partial charge in [0.25, 0.3) is 5.91 Å². The van der Waals surface area contributed by atoms with Crippen molar-refractivity contribution in [3.05, 3.63) is 83.3 Å². The monoisotopic (exact) mass is 458 g/mol. The maximum absolute atomic E-state index is 12.6. The van der Waals surface area contributed by atoms with Crippen molar-refractivity contribution in [1.29, 1.82) is 0 Å². The highest BCUT2D eigenvalue weighted by molar-refractivity contribution is 7.59. The van der Waals surface area contributed by atoms with Gasteiger partial charge in [-0.25, -0.2) is 9.97 Å². The number of ketones is 1. The van der Waals surface area contributed by atoms with Gasteiger partial charge in [0.1, 0.15) is 17.6 Å². The molecule has 0 unspecified atom stereocenters. The zero-order valence-electron chi connectivity index (χ0n) is 18.7. The fourth-order valence-corrected chi connectivity index (χ4v) is 3.84. The quantitative estimate of drug-likeness (QED) is 0.418. The van der Waals surface area contributed by atoms with Crippen LogP contribution in [0.3, 0.4) is 0 Å². The first kappa shape index (κ1) is 24.0. The van der Waals surface area contributed by atoms with E-state index in [2.05, 4.69) is 10.9 Å². The van der Waals surface area contributed by atoms with Gasteiger partial charge in [0, 0.05) is 38.1 Å². The summed E-state index contributed by atoms with van der Waals surface area (Å²) >= 11 is 0. The van der Waals surface area contributed by atoms with E-state index in [4.69, 9.17) is 11.4 Å². The van der Waals surface area contributed by atoms with Crippen molar-refractivity contribution in [3.8, 4) is 12.3 Å². The van der Waals surface area contributed by atoms with Gasteiger partial charge in [-0.15, -0.1) is 12.3 Å². The number of likely N-dealkylation sites (N-methyl/N-ethyl adjacent to an activating group) is 2. The summed E-state index contributed by atoms with van der Waals surface area (Å²) in [4.78, 5) is 37.7. The topological polar surface area (TPSA) is 66.4 Å². The van der Waals surface area contributed by atoms with Gasteiger partial charge >= 0.3 is 0 Å². The zero-order valence-corrected chi connectivity index (χ0v) is 19.7. The van der Waals surface area contributed by atoms with Crippen LogP contribution in [-0.2, 0) is 17.6 Å². The Labute approximate surface area is 201 Å². The van der Waals surface area contributed by atoms with Crippen LogP contribution in [0.5, 0.6) is 0 Å². The number of aryl methyl sites for hydroxylation is 2. The first-order valence-corrected chi connectivity index (χ1v) is 10.5. The van der Waals surface area contributed by atoms with Crippen molar-refractivity contribution in [2.75, 3.05) is 23.9 Å². The molecule has 1 atom stereocenters. The van der Waals surface area contributed by atoms with E-state index in [1.807, 2.05) is 66.5 Å². The maximum Gasteiger partial charge on any atom is 0.250 e. The lowest BCUT2D eigenvalue weighted by atomic mass is 10.0. The molecular weight excluding hydrogens is 432 g/mol. The number of hydrogen-bond donors (Lipinski definition) is 0. The fraction of sp³-hybridized carbons (Fsp3) is 0.231. The van der Waals surface area contributed by atoms with E-state index in [-0.39, 0.29) is 25.2 Å². The molecule has 4 rings (SSSR count). The Morgan fingerprint density at radius 3 is 2.36 bits per heavy atom. The largest absolute Gasteiger partial charge is 0.345 e. The van der Waals surface area contributed by atoms with Crippen molar-refractivity contribution in [3.63, 3.8) is 0 Å². The summed E-state index contributed by atoms with van der Waals surface area (Å²) in [7, 11) is 3.56. The number of terminal acetylenes is 1. The average molecular weight is 459 g/mol. The summed E-state index contributed by atoms with van der Waals surface area (Å²) in [6.07, 6.45) is 8.86. The predicted molar refractivity (Wildman–Crippen MR) is 135 cm³/mol. The van der Waals surface area contributed by atoms with Gasteiger partial charge in [0.05, 0.1) is 6.20 Å². The minimum Gasteiger partial charge on any atom is -0.345 e. The second-order valence-electron chi connectivity index (χ2n) is 7.82. The van der Waals surface area contributed by atoms with Gasteiger partial charge in [0.2, 0.25) is 0 Å². The van der Waals surface area contributed by atoms with Gasteiger partial charge in [-0.05, 0) is 12.0 Å². The van der Waals surface area contributed by atoms with Crippen LogP contribution in [0, 0.1) is 12.3 Å². The van der Waals surface area contributed by atoms with Crippen molar-refractivity contribution >= 4 is 36.7 Å². The number of nitrogens with zero attached hydrogens (tertiary/aromatic N) is 4. The zero-order chi connectivity index (χ0) is 22.7. The molecule has 0 N–H and O–H groups in total. The molecule has 1 amide bonds. The number of carbonyl (C=O) groups excluding carboxylic acids is 2. The van der Waals surface area contributed by atoms with Gasteiger partial charge < -0.3 is 9.80 Å². The number of benzene rings is 2. The van der Waals surface area contributed by atoms with Gasteiger partial charge in [-0.1, -0.05) is 54.6 Å². The van der Waals surface area contributed by atoms with E-state index < -0.39 is 6.04 Å². The van der Waals surface area contributed by atoms with Crippen LogP contribution in [0.15, 0.2) is 60.8 Å². The number of anilines is 2. The highest BCUT2D eigenvalue weighted by atomic mass is 32.1. The molecule has 0 saturated carbocycles. The molecule has 0 spiro atoms. The van der Waals surface area contributed by atoms with Crippen molar-refractivity contribution in [2.45, 2.75) is 25.3 Å². The molecule has 6 nitrogen and oxygen atoms in total. The Morgan fingerprint density at radius 2 is 1.70 bits per heavy atom. The van der Waals surface area contributed by atoms with Crippen molar-refractivity contribution in [2.24, 2.45) is 0 Å². The Hall–Kier alpha value is -3.63. The molecule has 2 aromatic carbocycles. The van der Waals surface area contributed by atoms with Crippen molar-refractivity contribution in [1.82, 2.24) is 9.97 Å². The normalized spacial score (nSPS) is 14.8. The third-order valence-corrected chi connectivity index (χ3v) is 5.78. The number of rotatable bonds is 6. The predicted octanol–water partition coefficient (Wildman–Crippen LogP) is 3.41. The third-order valence-electron chi connectivity index (χ3n) is 5.78. The van der Waals surface area contributed by atoms with Crippen LogP contribution in [-0.4, -0.2) is 41.8 Å². The molecule has 33 heavy (non-hydrogen) atoms. The van der Waals surface area contributed by atoms with E-state index in [0.29, 0.717) is 41.3 Å². The number of fused-ring (bicyclic) bond motifs is 1. The smallest absolute Gasteiger partial charge is 0.250 e. The molecule has 1 aliphatic rings. The number of amides is 1. The van der Waals surface area contributed by atoms with E-state index >= 15 is 0 Å². The summed E-state index contributed by atoms with van der Waals surface area (Å²) in [5.41, 5.74) is 3.12. The molecule has 7 heteroatoms. The average Bonchev–Trinajstić information content (AvgIpc) is 2.84. The summed E-state index contributed by atoms with van der Waals surface area (Å²) in [5, 5.41) is 0. The Balaban J connectivity index is 0.00000306. The van der Waals surface area contributed by atoms with Gasteiger partial charge in [0.15, 0.2) is 11.6 Å². The maximum atomic E-state index is 12.6. The Morgan fingerprint density at radius 1 is 1.03 bits per heavy atom. The highest BCUT2D eigenvalue weighted by Gasteiger charge is 2.35. The highest BCUT2D eigenvalue weighted by Crippen LogP contribution is 2.32. The second kappa shape index (κ2) is 10.3. The second-order valence-corrected chi connectivity index (χ2v) is 7.82. The van der Waals surface area contributed by atoms with Gasteiger partial charge in [-0.2, -0.15) is 13.5 Å². The van der Waals surface area contributed by atoms with E-state index in [9.17, 15) is 9.59 Å². The van der Waals surface area contributed by atoms with Crippen LogP contribution in [0.25, 0.3) is 0 Å². The van der Waals surface area contributed by atoms with Crippen molar-refractivity contribution < 1.29 is 9.59 Å². The fourth-order valence-electron chi connectivity index (χ4n) is 3.84. The van der Waals surface area contributed by atoms with Crippen LogP contribution in [0.2, 0.25) is 0 Å². The van der Waals surface area contributed by atoms with Crippen LogP contribution in [0.4, 0.5) is 11.5 Å². The molecule has 0 saturated heterocycles. The SMILES string of the molecule is C#CC[C@H]1C(=O)N(C)c2cnc(CCc3ccc(C(=O)c4ccccc4)cc3)nc2N1C.S. The lowest BCUT2D eigenvalue weighted by Gasteiger charge is -2.37. The molecule has 0 fully saturated rings. The standard InChI is InChI=1S/C26H24N4O2.H2S/c1-4-8-21-26(32)30(3)22-17-27-23(28-25(22)29(21)2)16-13-18-11-14-20(15-12-18)24(31)19-9-6-5-7-10-19;/h1,5-7,9-12,14-15,17,21H,8,13,16H2,2-3H3;1H2/t21-;/m0./s1. The first-order valence-electron chi connectivity index (χ1n) is 10.5. The van der Waals surface area contributed by atoms with E-state index in [0.717, 1.165) is 12.0 Å². The Bertz CT molecular complexity index is 1190. The number of hydrogen-bond acceptors (Lipinski definition) is 5. The minimum absolute atomic E-state index is 0. The third kappa shape index (κ3) is 4.91. The molecule has 168 valence electrons. The molecule has 0 bridgehead atoms. The summed E-state index contributed by atoms with van der Waals surface area (Å²) in [5.74, 6) is 3.94. The Kier molecular flexibility index (Phi) is 7.52.